The van der Waals surface area contributed by atoms with E-state index in [1.165, 1.54) is 0 Å². The molecule has 0 bridgehead atoms. The third-order valence-electron chi connectivity index (χ3n) is 2.69. The lowest BCUT2D eigenvalue weighted by Gasteiger charge is -2.06. The number of benzene rings is 3. The molecule has 3 aromatic rings. The van der Waals surface area contributed by atoms with Gasteiger partial charge in [0.1, 0.15) is 0 Å². The van der Waals surface area contributed by atoms with Gasteiger partial charge in [0.05, 0.1) is 15.1 Å². The Morgan fingerprint density at radius 2 is 1.76 bits per heavy atom. The quantitative estimate of drug-likeness (QED) is 0.374. The van der Waals surface area contributed by atoms with E-state index in [2.05, 4.69) is 12.1 Å². The minimum Gasteiger partial charge on any atom is -0.0820 e. The summed E-state index contributed by atoms with van der Waals surface area (Å²) in [4.78, 5) is 0. The molecule has 0 saturated carbocycles. The molecule has 0 nitrogen and oxygen atoms in total. The second-order valence-electron chi connectivity index (χ2n) is 3.74. The van der Waals surface area contributed by atoms with Crippen molar-refractivity contribution in [1.82, 2.24) is 0 Å². The van der Waals surface area contributed by atoms with E-state index in [9.17, 15) is 0 Å². The van der Waals surface area contributed by atoms with Crippen molar-refractivity contribution in [3.63, 3.8) is 0 Å². The highest BCUT2D eigenvalue weighted by Gasteiger charge is 2.10. The molecule has 3 aromatic carbocycles. The van der Waals surface area contributed by atoms with Gasteiger partial charge in [-0.25, -0.2) is 0 Å². The molecule has 0 aliphatic heterocycles. The molecule has 0 fully saturated rings. The van der Waals surface area contributed by atoms with E-state index in [1.54, 1.807) is 0 Å². The van der Waals surface area contributed by atoms with Gasteiger partial charge >= 0.3 is 0 Å². The van der Waals surface area contributed by atoms with Crippen molar-refractivity contribution >= 4 is 56.3 Å². The Balaban J connectivity index is 2.52. The Bertz CT molecular complexity index is 732. The monoisotopic (exact) mass is 278 g/mol. The maximum absolute atomic E-state index is 6.19. The molecule has 3 heteroatoms. The zero-order valence-electron chi connectivity index (χ0n) is 8.52. The molecule has 0 amide bonds. The fraction of sp³-hybridized carbons (Fsp3) is 0. The summed E-state index contributed by atoms with van der Waals surface area (Å²) in [6.07, 6.45) is 0. The Kier molecular flexibility index (Phi) is 2.67. The summed E-state index contributed by atoms with van der Waals surface area (Å²) in [5.74, 6) is 0. The minimum atomic E-state index is 0.347. The molecule has 0 saturated heterocycles. The van der Waals surface area contributed by atoms with Crippen molar-refractivity contribution in [1.29, 1.82) is 0 Å². The number of hydrogen-bond acceptors (Lipinski definition) is 0. The molecular formula is C14H5Cl3. The Morgan fingerprint density at radius 1 is 0.941 bits per heavy atom. The van der Waals surface area contributed by atoms with Gasteiger partial charge in [0.25, 0.3) is 0 Å². The van der Waals surface area contributed by atoms with E-state index >= 15 is 0 Å². The third-order valence-corrected chi connectivity index (χ3v) is 3.93. The first-order valence-corrected chi connectivity index (χ1v) is 6.09. The molecule has 3 rings (SSSR count). The van der Waals surface area contributed by atoms with Crippen LogP contribution in [0.4, 0.5) is 0 Å². The lowest BCUT2D eigenvalue weighted by Crippen LogP contribution is -1.81. The molecule has 0 aliphatic carbocycles. The van der Waals surface area contributed by atoms with Gasteiger partial charge in [-0.05, 0) is 40.4 Å². The van der Waals surface area contributed by atoms with E-state index in [-0.39, 0.29) is 0 Å². The van der Waals surface area contributed by atoms with E-state index < -0.39 is 0 Å². The normalized spacial score (nSPS) is 11.2. The first-order valence-electron chi connectivity index (χ1n) is 4.96. The predicted molar refractivity (Wildman–Crippen MR) is 74.2 cm³/mol. The third kappa shape index (κ3) is 1.77. The van der Waals surface area contributed by atoms with Crippen molar-refractivity contribution in [3.8, 4) is 0 Å². The molecule has 0 atom stereocenters. The van der Waals surface area contributed by atoms with Crippen LogP contribution in [-0.4, -0.2) is 0 Å². The van der Waals surface area contributed by atoms with Crippen LogP contribution < -0.4 is 0 Å². The second-order valence-corrected chi connectivity index (χ2v) is 4.87. The Morgan fingerprint density at radius 3 is 2.59 bits per heavy atom. The molecule has 0 aromatic heterocycles. The van der Waals surface area contributed by atoms with Gasteiger partial charge in [-0.1, -0.05) is 46.9 Å². The van der Waals surface area contributed by atoms with Gasteiger partial charge < -0.3 is 0 Å². The van der Waals surface area contributed by atoms with E-state index in [0.717, 1.165) is 21.5 Å². The fourth-order valence-corrected chi connectivity index (χ4v) is 2.50. The highest BCUT2D eigenvalue weighted by Crippen LogP contribution is 2.37. The highest BCUT2D eigenvalue weighted by molar-refractivity contribution is 6.50. The van der Waals surface area contributed by atoms with Crippen LogP contribution in [0.1, 0.15) is 0 Å². The molecular weight excluding hydrogens is 275 g/mol. The number of fused-ring (bicyclic) bond motifs is 2. The molecule has 0 aliphatic rings. The summed E-state index contributed by atoms with van der Waals surface area (Å²) >= 11 is 18.2. The maximum atomic E-state index is 6.19. The van der Waals surface area contributed by atoms with Crippen LogP contribution in [0, 0.1) is 12.1 Å². The summed E-state index contributed by atoms with van der Waals surface area (Å²) in [6.45, 7) is 0. The first-order chi connectivity index (χ1) is 8.16. The lowest BCUT2D eigenvalue weighted by atomic mass is 10.0. The minimum absolute atomic E-state index is 0.347. The predicted octanol–water partition coefficient (Wildman–Crippen LogP) is 5.55. The van der Waals surface area contributed by atoms with Crippen molar-refractivity contribution in [2.75, 3.05) is 0 Å². The van der Waals surface area contributed by atoms with Crippen LogP contribution in [0.15, 0.2) is 30.3 Å². The van der Waals surface area contributed by atoms with Crippen molar-refractivity contribution < 1.29 is 0 Å². The second kappa shape index (κ2) is 4.06. The molecule has 0 heterocycles. The largest absolute Gasteiger partial charge is 0.0820 e. The van der Waals surface area contributed by atoms with Crippen molar-refractivity contribution in [2.45, 2.75) is 0 Å². The van der Waals surface area contributed by atoms with Crippen LogP contribution >= 0.6 is 34.8 Å². The molecule has 0 unspecified atom stereocenters. The standard InChI is InChI=1S/C14H5Cl3/c15-12-7-10-5-8-3-1-2-4-9(8)6-11(10)13(16)14(12)17/h1,3-6H. The van der Waals surface area contributed by atoms with Gasteiger partial charge in [0.15, 0.2) is 0 Å². The summed E-state index contributed by atoms with van der Waals surface area (Å²) in [5.41, 5.74) is 0. The molecule has 17 heavy (non-hydrogen) atoms. The first kappa shape index (κ1) is 11.2. The van der Waals surface area contributed by atoms with Gasteiger partial charge in [0.2, 0.25) is 0 Å². The molecule has 0 spiro atoms. The zero-order valence-corrected chi connectivity index (χ0v) is 10.8. The van der Waals surface area contributed by atoms with Crippen LogP contribution in [0.2, 0.25) is 15.1 Å². The van der Waals surface area contributed by atoms with Crippen LogP contribution in [0.25, 0.3) is 21.5 Å². The van der Waals surface area contributed by atoms with Crippen molar-refractivity contribution in [3.05, 3.63) is 57.5 Å². The van der Waals surface area contributed by atoms with Crippen LogP contribution in [0.3, 0.4) is 0 Å². The SMILES string of the molecule is Clc1[c]c2cc3cc[c]cc3cc2c(Cl)c1Cl. The number of halogens is 3. The lowest BCUT2D eigenvalue weighted by molar-refractivity contribution is 1.74. The van der Waals surface area contributed by atoms with E-state index in [1.807, 2.05) is 30.3 Å². The average molecular weight is 280 g/mol. The highest BCUT2D eigenvalue weighted by atomic mass is 35.5. The Labute approximate surface area is 114 Å². The fourth-order valence-electron chi connectivity index (χ4n) is 1.85. The van der Waals surface area contributed by atoms with Gasteiger partial charge in [0, 0.05) is 11.5 Å². The number of rotatable bonds is 0. The van der Waals surface area contributed by atoms with Gasteiger partial charge in [-0.15, -0.1) is 0 Å². The van der Waals surface area contributed by atoms with Gasteiger partial charge in [-0.3, -0.25) is 0 Å². The van der Waals surface area contributed by atoms with Crippen LogP contribution in [0.5, 0.6) is 0 Å². The van der Waals surface area contributed by atoms with E-state index in [4.69, 9.17) is 34.8 Å². The van der Waals surface area contributed by atoms with Crippen molar-refractivity contribution in [2.24, 2.45) is 0 Å². The summed E-state index contributed by atoms with van der Waals surface area (Å²) in [7, 11) is 0. The molecule has 82 valence electrons. The van der Waals surface area contributed by atoms with Crippen LogP contribution in [-0.2, 0) is 0 Å². The van der Waals surface area contributed by atoms with E-state index in [0.29, 0.717) is 15.1 Å². The zero-order chi connectivity index (χ0) is 12.0. The average Bonchev–Trinajstić information content (AvgIpc) is 2.34. The smallest absolute Gasteiger partial charge is 0.0791 e. The number of hydrogen-bond donors (Lipinski definition) is 0. The maximum Gasteiger partial charge on any atom is 0.0791 e. The summed E-state index contributed by atoms with van der Waals surface area (Å²) in [6, 6.07) is 15.8. The molecule has 2 radical (unpaired) electrons. The summed E-state index contributed by atoms with van der Waals surface area (Å²) < 4.78 is 0. The topological polar surface area (TPSA) is 0 Å². The Hall–Kier alpha value is -0.950. The molecule has 0 N–H and O–H groups in total. The van der Waals surface area contributed by atoms with Gasteiger partial charge in [-0.2, -0.15) is 0 Å². The summed E-state index contributed by atoms with van der Waals surface area (Å²) in [5, 5.41) is 5.05.